The van der Waals surface area contributed by atoms with Crippen molar-refractivity contribution in [3.63, 3.8) is 0 Å². The number of hydrogen-bond acceptors (Lipinski definition) is 10. The normalized spacial score (nSPS) is 20.6. The van der Waals surface area contributed by atoms with E-state index in [1.54, 1.807) is 24.7 Å². The van der Waals surface area contributed by atoms with E-state index in [-0.39, 0.29) is 41.9 Å². The van der Waals surface area contributed by atoms with Gasteiger partial charge in [-0.3, -0.25) is 28.9 Å². The summed E-state index contributed by atoms with van der Waals surface area (Å²) in [6, 6.07) is 5.11. The summed E-state index contributed by atoms with van der Waals surface area (Å²) in [6.07, 6.45) is 1.89. The maximum Gasteiger partial charge on any atom is 0.355 e. The number of benzene rings is 1. The van der Waals surface area contributed by atoms with Crippen molar-refractivity contribution in [1.82, 2.24) is 19.2 Å². The molecule has 0 spiro atoms. The van der Waals surface area contributed by atoms with Crippen molar-refractivity contribution >= 4 is 51.0 Å². The number of carbonyl (C=O) groups excluding carboxylic acids is 4. The average Bonchev–Trinajstić information content (AvgIpc) is 3.56. The highest BCUT2D eigenvalue weighted by molar-refractivity contribution is 7.18. The summed E-state index contributed by atoms with van der Waals surface area (Å²) in [6.45, 7) is 3.22. The lowest BCUT2D eigenvalue weighted by atomic mass is 9.77. The molecule has 0 unspecified atom stereocenters. The fourth-order valence-corrected chi connectivity index (χ4v) is 6.54. The van der Waals surface area contributed by atoms with Gasteiger partial charge in [0, 0.05) is 43.9 Å². The van der Waals surface area contributed by atoms with E-state index in [4.69, 9.17) is 4.74 Å². The van der Waals surface area contributed by atoms with Crippen LogP contribution >= 0.6 is 11.3 Å². The molecule has 41 heavy (non-hydrogen) atoms. The van der Waals surface area contributed by atoms with Crippen LogP contribution in [-0.4, -0.2) is 79.0 Å². The smallest absolute Gasteiger partial charge is 0.355 e. The maximum absolute atomic E-state index is 13.5. The first-order valence-corrected chi connectivity index (χ1v) is 13.6. The molecule has 4 atom stereocenters. The lowest BCUT2D eigenvalue weighted by Crippen LogP contribution is -2.63. The van der Waals surface area contributed by atoms with Gasteiger partial charge in [-0.2, -0.15) is 0 Å². The number of aromatic nitrogens is 2. The first-order valence-electron chi connectivity index (χ1n) is 12.8. The summed E-state index contributed by atoms with van der Waals surface area (Å²) in [4.78, 5) is 69.9. The number of fused-ring (bicyclic) bond motifs is 2. The van der Waals surface area contributed by atoms with E-state index in [0.29, 0.717) is 20.8 Å². The first-order chi connectivity index (χ1) is 19.4. The molecule has 1 N–H and O–H groups in total. The van der Waals surface area contributed by atoms with Crippen LogP contribution in [0.2, 0.25) is 0 Å². The van der Waals surface area contributed by atoms with Gasteiger partial charge in [-0.05, 0) is 24.6 Å². The van der Waals surface area contributed by atoms with Crippen LogP contribution in [0.25, 0.3) is 10.4 Å². The van der Waals surface area contributed by atoms with E-state index < -0.39 is 40.6 Å². The van der Waals surface area contributed by atoms with Crippen LogP contribution in [0.5, 0.6) is 0 Å². The van der Waals surface area contributed by atoms with E-state index in [1.165, 1.54) is 58.7 Å². The Morgan fingerprint density at radius 1 is 1.24 bits per heavy atom. The van der Waals surface area contributed by atoms with Gasteiger partial charge in [0.2, 0.25) is 11.8 Å². The van der Waals surface area contributed by atoms with Gasteiger partial charge in [0.1, 0.15) is 29.2 Å². The number of imidazole rings is 1. The first kappa shape index (κ1) is 28.1. The molecule has 0 radical (unpaired) electrons. The van der Waals surface area contributed by atoms with Crippen molar-refractivity contribution in [2.75, 3.05) is 14.1 Å². The third-order valence-electron chi connectivity index (χ3n) is 7.43. The van der Waals surface area contributed by atoms with Crippen LogP contribution in [0.15, 0.2) is 42.5 Å². The number of thiazole rings is 1. The molecule has 4 heterocycles. The van der Waals surface area contributed by atoms with Gasteiger partial charge in [-0.25, -0.2) is 9.78 Å². The number of nitrogens with zero attached hydrogens (tertiary/aromatic N) is 5. The Bertz CT molecular complexity index is 1620. The Hall–Kier alpha value is -4.43. The van der Waals surface area contributed by atoms with Gasteiger partial charge >= 0.3 is 5.97 Å². The summed E-state index contributed by atoms with van der Waals surface area (Å²) in [7, 11) is 3.12. The highest BCUT2D eigenvalue weighted by Crippen LogP contribution is 2.51. The number of amides is 2. The van der Waals surface area contributed by atoms with E-state index in [0.717, 1.165) is 0 Å². The molecule has 0 saturated carbocycles. The highest BCUT2D eigenvalue weighted by Gasteiger charge is 2.60. The van der Waals surface area contributed by atoms with Crippen molar-refractivity contribution in [3.8, 4) is 0 Å². The molecule has 214 valence electrons. The van der Waals surface area contributed by atoms with Crippen LogP contribution in [0.4, 0.5) is 5.69 Å². The SMILES string of the molecule is C[C@@H](O)[C@H]1C(=O)N2C(C(=O)OCc3ccc([N+](=O)[O-])cc3)=C(c3cn4cnc(C(=O)CC(=O)N(C)C)c4s3)[C@H](C)[C@H]12. The molecule has 2 aromatic heterocycles. The van der Waals surface area contributed by atoms with E-state index in [2.05, 4.69) is 4.98 Å². The number of β-lactam (4-membered cyclic amide) rings is 1. The molecule has 2 amide bonds. The lowest BCUT2D eigenvalue weighted by Gasteiger charge is -2.46. The molecule has 5 rings (SSSR count). The predicted octanol–water partition coefficient (Wildman–Crippen LogP) is 2.28. The topological polar surface area (TPSA) is 165 Å². The van der Waals surface area contributed by atoms with Gasteiger partial charge in [0.15, 0.2) is 5.78 Å². The number of aliphatic hydroxyl groups excluding tert-OH is 1. The number of nitro groups is 1. The molecule has 1 fully saturated rings. The second-order valence-electron chi connectivity index (χ2n) is 10.3. The minimum atomic E-state index is -0.926. The van der Waals surface area contributed by atoms with Crippen LogP contribution in [0.3, 0.4) is 0 Å². The van der Waals surface area contributed by atoms with Crippen LogP contribution in [0, 0.1) is 22.0 Å². The van der Waals surface area contributed by atoms with Crippen LogP contribution < -0.4 is 0 Å². The van der Waals surface area contributed by atoms with Crippen molar-refractivity contribution in [2.24, 2.45) is 11.8 Å². The maximum atomic E-state index is 13.5. The van der Waals surface area contributed by atoms with Crippen LogP contribution in [-0.2, 0) is 25.7 Å². The molecule has 1 saturated heterocycles. The zero-order chi connectivity index (χ0) is 29.7. The van der Waals surface area contributed by atoms with Gasteiger partial charge in [0.25, 0.3) is 5.69 Å². The lowest BCUT2D eigenvalue weighted by molar-refractivity contribution is -0.384. The summed E-state index contributed by atoms with van der Waals surface area (Å²) in [5.74, 6) is -2.98. The number of ketones is 1. The van der Waals surface area contributed by atoms with Crippen molar-refractivity contribution in [1.29, 1.82) is 0 Å². The summed E-state index contributed by atoms with van der Waals surface area (Å²) >= 11 is 1.20. The fraction of sp³-hybridized carbons (Fsp3) is 0.370. The van der Waals surface area contributed by atoms with Gasteiger partial charge in [-0.1, -0.05) is 6.92 Å². The van der Waals surface area contributed by atoms with E-state index in [9.17, 15) is 34.4 Å². The summed E-state index contributed by atoms with van der Waals surface area (Å²) in [5.41, 5.74) is 1.15. The number of ether oxygens (including phenoxy) is 1. The molecule has 0 bridgehead atoms. The van der Waals surface area contributed by atoms with Gasteiger partial charge < -0.3 is 19.6 Å². The molecule has 13 nitrogen and oxygen atoms in total. The number of nitro benzene ring substituents is 1. The molecule has 2 aliphatic rings. The fourth-order valence-electron chi connectivity index (χ4n) is 5.31. The molecule has 0 aliphatic carbocycles. The monoisotopic (exact) mass is 581 g/mol. The number of carbonyl (C=O) groups is 4. The number of Topliss-reactive ketones (excluding diaryl/α,β-unsaturated/α-hetero) is 1. The molecular weight excluding hydrogens is 554 g/mol. The number of esters is 1. The second-order valence-corrected chi connectivity index (χ2v) is 11.3. The summed E-state index contributed by atoms with van der Waals surface area (Å²) in [5, 5.41) is 21.2. The third-order valence-corrected chi connectivity index (χ3v) is 8.58. The number of aliphatic hydroxyl groups is 1. The zero-order valence-electron chi connectivity index (χ0n) is 22.6. The Labute approximate surface area is 237 Å². The number of rotatable bonds is 9. The Morgan fingerprint density at radius 3 is 2.54 bits per heavy atom. The van der Waals surface area contributed by atoms with Crippen molar-refractivity contribution < 1.29 is 33.9 Å². The minimum Gasteiger partial charge on any atom is -0.456 e. The summed E-state index contributed by atoms with van der Waals surface area (Å²) < 4.78 is 7.19. The predicted molar refractivity (Wildman–Crippen MR) is 145 cm³/mol. The van der Waals surface area contributed by atoms with Crippen molar-refractivity contribution in [3.05, 3.63) is 68.7 Å². The quantitative estimate of drug-likeness (QED) is 0.0996. The second kappa shape index (κ2) is 10.5. The Kier molecular flexibility index (Phi) is 7.21. The standard InChI is InChI=1S/C27H27N5O8S/c1-13-20(18-10-30-12-28-22(26(30)41-18)17(34)9-19(35)29(3)4)24(31-23(13)21(14(2)33)25(31)36)27(37)40-11-15-5-7-16(8-6-15)32(38)39/h5-8,10,12-14,21,23,33H,9,11H2,1-4H3/t13-,14+,21+,23+/m0/s1. The molecular formula is C27H27N5O8S. The highest BCUT2D eigenvalue weighted by atomic mass is 32.1. The Balaban J connectivity index is 1.49. The third kappa shape index (κ3) is 4.78. The Morgan fingerprint density at radius 2 is 1.93 bits per heavy atom. The zero-order valence-corrected chi connectivity index (χ0v) is 23.5. The van der Waals surface area contributed by atoms with Gasteiger partial charge in [-0.15, -0.1) is 11.3 Å². The number of non-ortho nitro benzene ring substituents is 1. The molecule has 14 heteroatoms. The van der Waals surface area contributed by atoms with Gasteiger partial charge in [0.05, 0.1) is 34.3 Å². The molecule has 2 aliphatic heterocycles. The van der Waals surface area contributed by atoms with Crippen molar-refractivity contribution in [2.45, 2.75) is 39.0 Å². The van der Waals surface area contributed by atoms with Crippen LogP contribution in [0.1, 0.15) is 41.2 Å². The number of hydrogen-bond donors (Lipinski definition) is 1. The average molecular weight is 582 g/mol. The minimum absolute atomic E-state index is 0.0550. The van der Waals surface area contributed by atoms with E-state index >= 15 is 0 Å². The largest absolute Gasteiger partial charge is 0.456 e. The molecule has 1 aromatic carbocycles. The molecule has 3 aromatic rings. The van der Waals surface area contributed by atoms with E-state index in [1.807, 2.05) is 6.92 Å².